The molecule has 0 fully saturated rings. The van der Waals surface area contributed by atoms with Gasteiger partial charge in [-0.2, -0.15) is 8.61 Å². The van der Waals surface area contributed by atoms with Crippen LogP contribution in [0.3, 0.4) is 0 Å². The fourth-order valence-electron chi connectivity index (χ4n) is 9.11. The zero-order valence-electron chi connectivity index (χ0n) is 34.7. The lowest BCUT2D eigenvalue weighted by Crippen LogP contribution is -2.30. The number of halogens is 1. The third-order valence-electron chi connectivity index (χ3n) is 12.1. The molecule has 0 saturated heterocycles. The Bertz CT molecular complexity index is 2870. The lowest BCUT2D eigenvalue weighted by molar-refractivity contribution is 0.410. The van der Waals surface area contributed by atoms with E-state index in [1.807, 2.05) is 30.3 Å². The number of sulfonamides is 2. The van der Waals surface area contributed by atoms with Gasteiger partial charge in [-0.05, 0) is 109 Å². The van der Waals surface area contributed by atoms with Gasteiger partial charge in [-0.3, -0.25) is 0 Å². The molecular formula is C51H49FN4O4S2. The highest BCUT2D eigenvalue weighted by molar-refractivity contribution is 7.89. The van der Waals surface area contributed by atoms with E-state index >= 15 is 0 Å². The highest BCUT2D eigenvalue weighted by Gasteiger charge is 2.32. The van der Waals surface area contributed by atoms with E-state index in [1.165, 1.54) is 44.2 Å². The molecule has 0 N–H and O–H groups in total. The summed E-state index contributed by atoms with van der Waals surface area (Å²) >= 11 is 0. The van der Waals surface area contributed by atoms with Crippen molar-refractivity contribution in [3.63, 3.8) is 0 Å². The van der Waals surface area contributed by atoms with Crippen molar-refractivity contribution in [2.45, 2.75) is 68.6 Å². The summed E-state index contributed by atoms with van der Waals surface area (Å²) in [6, 6.07) is 49.3. The van der Waals surface area contributed by atoms with Crippen LogP contribution in [0.5, 0.6) is 0 Å². The fourth-order valence-corrected chi connectivity index (χ4v) is 12.0. The Morgan fingerprint density at radius 2 is 0.903 bits per heavy atom. The van der Waals surface area contributed by atoms with Crippen LogP contribution in [0.1, 0.15) is 52.0 Å². The average molecular weight is 865 g/mol. The van der Waals surface area contributed by atoms with E-state index in [2.05, 4.69) is 70.7 Å². The molecule has 62 heavy (non-hydrogen) atoms. The molecule has 4 heterocycles. The van der Waals surface area contributed by atoms with Crippen LogP contribution in [0, 0.1) is 12.7 Å². The number of aromatic nitrogens is 2. The molecule has 0 bridgehead atoms. The number of benzene rings is 6. The number of aryl methyl sites for hydroxylation is 1. The third kappa shape index (κ3) is 8.25. The second-order valence-electron chi connectivity index (χ2n) is 16.2. The van der Waals surface area contributed by atoms with Gasteiger partial charge in [0, 0.05) is 72.5 Å². The van der Waals surface area contributed by atoms with E-state index in [-0.39, 0.29) is 17.3 Å². The van der Waals surface area contributed by atoms with Crippen molar-refractivity contribution in [3.8, 4) is 0 Å². The molecule has 316 valence electrons. The van der Waals surface area contributed by atoms with Gasteiger partial charge in [0.15, 0.2) is 0 Å². The monoisotopic (exact) mass is 864 g/mol. The molecule has 2 aliphatic heterocycles. The third-order valence-corrected chi connectivity index (χ3v) is 15.8. The van der Waals surface area contributed by atoms with Gasteiger partial charge in [0.2, 0.25) is 20.0 Å². The second kappa shape index (κ2) is 17.5. The Labute approximate surface area is 363 Å². The molecule has 11 heteroatoms. The van der Waals surface area contributed by atoms with Crippen LogP contribution in [0.4, 0.5) is 4.39 Å². The summed E-state index contributed by atoms with van der Waals surface area (Å²) in [6.45, 7) is 5.18. The van der Waals surface area contributed by atoms with Crippen LogP contribution in [0.25, 0.3) is 21.8 Å². The van der Waals surface area contributed by atoms with Crippen molar-refractivity contribution < 1.29 is 21.2 Å². The fraction of sp³-hybridized carbons (Fsp3) is 0.216. The first-order chi connectivity index (χ1) is 30.1. The van der Waals surface area contributed by atoms with E-state index < -0.39 is 20.0 Å². The number of fused-ring (bicyclic) bond motifs is 6. The molecular weight excluding hydrogens is 816 g/mol. The maximum Gasteiger partial charge on any atom is 0.243 e. The molecule has 0 radical (unpaired) electrons. The van der Waals surface area contributed by atoms with E-state index in [9.17, 15) is 21.2 Å². The van der Waals surface area contributed by atoms with E-state index in [0.29, 0.717) is 37.5 Å². The molecule has 0 unspecified atom stereocenters. The highest BCUT2D eigenvalue weighted by Crippen LogP contribution is 2.36. The number of hydrogen-bond acceptors (Lipinski definition) is 4. The topological polar surface area (TPSA) is 84.6 Å². The Morgan fingerprint density at radius 1 is 0.500 bits per heavy atom. The van der Waals surface area contributed by atoms with Crippen molar-refractivity contribution in [2.75, 3.05) is 13.1 Å². The molecule has 0 aliphatic carbocycles. The standard InChI is InChI=1S/C26H26N2O2S.C25H23FN2O2S/c1-20-14-15-26-23(17-20)24-19-27(31(29,30)22-11-6-3-7-12-22)16-8-13-25(24)28(26)18-21-9-4-2-5-10-21;26-20-13-14-25-22(16-20)23-18-27(31(29,30)21-10-5-2-6-11-21)15-7-12-24(23)28(25)17-19-8-3-1-4-9-19/h2-7,9-12,14-15,17H,8,13,16,18-19H2,1H3;1-6,8-11,13-14,16H,7,12,15,17-18H2. The van der Waals surface area contributed by atoms with Gasteiger partial charge >= 0.3 is 0 Å². The average Bonchev–Trinajstić information content (AvgIpc) is 3.48. The van der Waals surface area contributed by atoms with Crippen LogP contribution in [-0.4, -0.2) is 47.7 Å². The van der Waals surface area contributed by atoms with Gasteiger partial charge in [0.25, 0.3) is 0 Å². The van der Waals surface area contributed by atoms with Crippen molar-refractivity contribution >= 4 is 41.9 Å². The van der Waals surface area contributed by atoms with Gasteiger partial charge in [-0.15, -0.1) is 0 Å². The predicted molar refractivity (Wildman–Crippen MR) is 244 cm³/mol. The van der Waals surface area contributed by atoms with Crippen LogP contribution in [0.15, 0.2) is 168 Å². The molecule has 0 spiro atoms. The summed E-state index contributed by atoms with van der Waals surface area (Å²) in [5.41, 5.74) is 10.1. The minimum absolute atomic E-state index is 0.244. The Morgan fingerprint density at radius 3 is 1.35 bits per heavy atom. The summed E-state index contributed by atoms with van der Waals surface area (Å²) in [6.07, 6.45) is 3.14. The molecule has 8 nitrogen and oxygen atoms in total. The first-order valence-corrected chi connectivity index (χ1v) is 24.0. The molecule has 0 saturated carbocycles. The quantitative estimate of drug-likeness (QED) is 0.152. The summed E-state index contributed by atoms with van der Waals surface area (Å²) in [5.74, 6) is -0.311. The van der Waals surface area contributed by atoms with Crippen molar-refractivity contribution in [1.29, 1.82) is 0 Å². The van der Waals surface area contributed by atoms with Crippen LogP contribution < -0.4 is 0 Å². The Balaban J connectivity index is 0.000000158. The van der Waals surface area contributed by atoms with E-state index in [0.717, 1.165) is 59.1 Å². The van der Waals surface area contributed by atoms with Gasteiger partial charge in [-0.25, -0.2) is 21.2 Å². The smallest absolute Gasteiger partial charge is 0.243 e. The Kier molecular flexibility index (Phi) is 11.7. The van der Waals surface area contributed by atoms with Gasteiger partial charge in [-0.1, -0.05) is 109 Å². The molecule has 8 aromatic rings. The summed E-state index contributed by atoms with van der Waals surface area (Å²) in [4.78, 5) is 0.653. The Hall–Kier alpha value is -5.85. The second-order valence-corrected chi connectivity index (χ2v) is 20.1. The largest absolute Gasteiger partial charge is 0.340 e. The van der Waals surface area contributed by atoms with Crippen molar-refractivity contribution in [2.24, 2.45) is 0 Å². The molecule has 2 aliphatic rings. The first kappa shape index (κ1) is 41.5. The minimum atomic E-state index is -3.63. The van der Waals surface area contributed by atoms with Gasteiger partial charge in [0.1, 0.15) is 5.82 Å². The number of nitrogens with zero attached hydrogens (tertiary/aromatic N) is 4. The normalized spacial score (nSPS) is 15.0. The maximum absolute atomic E-state index is 14.2. The molecule has 2 aromatic heterocycles. The lowest BCUT2D eigenvalue weighted by Gasteiger charge is -2.20. The SMILES string of the molecule is Cc1ccc2c(c1)c1c(n2Cc2ccccc2)CCCN(S(=O)(=O)c2ccccc2)C1.O=S(=O)(c1ccccc1)N1CCCc2c(c3cc(F)ccc3n2Cc2ccccc2)C1. The maximum atomic E-state index is 14.2. The molecule has 0 atom stereocenters. The van der Waals surface area contributed by atoms with E-state index in [1.54, 1.807) is 65.0 Å². The van der Waals surface area contributed by atoms with Crippen LogP contribution >= 0.6 is 0 Å². The first-order valence-electron chi connectivity index (χ1n) is 21.2. The number of hydrogen-bond donors (Lipinski definition) is 0. The molecule has 10 rings (SSSR count). The zero-order chi connectivity index (χ0) is 42.8. The van der Waals surface area contributed by atoms with Crippen LogP contribution in [0.2, 0.25) is 0 Å². The van der Waals surface area contributed by atoms with Crippen molar-refractivity contribution in [1.82, 2.24) is 17.7 Å². The van der Waals surface area contributed by atoms with Crippen molar-refractivity contribution in [3.05, 3.63) is 203 Å². The zero-order valence-corrected chi connectivity index (χ0v) is 36.3. The summed E-state index contributed by atoms with van der Waals surface area (Å²) < 4.78 is 75.3. The van der Waals surface area contributed by atoms with Gasteiger partial charge < -0.3 is 9.13 Å². The lowest BCUT2D eigenvalue weighted by atomic mass is 10.1. The highest BCUT2D eigenvalue weighted by atomic mass is 32.2. The molecule has 0 amide bonds. The summed E-state index contributed by atoms with van der Waals surface area (Å²) in [5, 5.41) is 1.96. The van der Waals surface area contributed by atoms with E-state index in [4.69, 9.17) is 0 Å². The summed E-state index contributed by atoms with van der Waals surface area (Å²) in [7, 11) is -7.16. The number of rotatable bonds is 8. The molecule has 6 aromatic carbocycles. The van der Waals surface area contributed by atoms with Crippen LogP contribution in [-0.2, 0) is 59.1 Å². The predicted octanol–water partition coefficient (Wildman–Crippen LogP) is 10.1. The minimum Gasteiger partial charge on any atom is -0.340 e. The van der Waals surface area contributed by atoms with Gasteiger partial charge in [0.05, 0.1) is 9.79 Å².